The molecule has 11 heteroatoms. The van der Waals surface area contributed by atoms with E-state index in [9.17, 15) is 17.6 Å². The Bertz CT molecular complexity index is 1280. The number of benzene rings is 2. The van der Waals surface area contributed by atoms with Crippen molar-refractivity contribution >= 4 is 15.9 Å². The van der Waals surface area contributed by atoms with Crippen molar-refractivity contribution in [1.29, 1.82) is 0 Å². The van der Waals surface area contributed by atoms with E-state index in [1.165, 1.54) is 12.1 Å². The monoisotopic (exact) mass is 499 g/mol. The lowest BCUT2D eigenvalue weighted by Crippen LogP contribution is -2.32. The van der Waals surface area contributed by atoms with Crippen LogP contribution >= 0.6 is 0 Å². The number of nitrogens with one attached hydrogen (secondary N) is 1. The quantitative estimate of drug-likeness (QED) is 0.460. The molecule has 1 saturated heterocycles. The highest BCUT2D eigenvalue weighted by Gasteiger charge is 2.27. The summed E-state index contributed by atoms with van der Waals surface area (Å²) in [5.41, 5.74) is 2.17. The molecular weight excluding hydrogens is 473 g/mol. The van der Waals surface area contributed by atoms with Crippen LogP contribution in [0.2, 0.25) is 0 Å². The maximum Gasteiger partial charge on any atom is 0.253 e. The number of halogens is 1. The zero-order valence-corrected chi connectivity index (χ0v) is 19.8. The van der Waals surface area contributed by atoms with Gasteiger partial charge >= 0.3 is 0 Å². The standard InChI is InChI=1S/C24H26FN5O4S/c1-2-35(32,33)26-13-19-11-12-29(14-19)24(31)20-5-3-18(4-6-20)15-30-16-22(27-28-30)17-34-23-9-7-21(25)8-10-23/h2-10,16,19,26H,1,11-15,17H2. The number of hydrogen-bond donors (Lipinski definition) is 1. The van der Waals surface area contributed by atoms with E-state index in [0.717, 1.165) is 17.4 Å². The largest absolute Gasteiger partial charge is 0.487 e. The third-order valence-electron chi connectivity index (χ3n) is 5.70. The van der Waals surface area contributed by atoms with Gasteiger partial charge in [0.05, 0.1) is 12.7 Å². The van der Waals surface area contributed by atoms with Crippen LogP contribution in [-0.4, -0.2) is 53.9 Å². The molecule has 2 aromatic carbocycles. The molecule has 9 nitrogen and oxygen atoms in total. The molecule has 0 saturated carbocycles. The molecule has 1 unspecified atom stereocenters. The summed E-state index contributed by atoms with van der Waals surface area (Å²) in [4.78, 5) is 14.6. The van der Waals surface area contributed by atoms with E-state index in [1.807, 2.05) is 12.1 Å². The number of hydrogen-bond acceptors (Lipinski definition) is 6. The molecule has 2 heterocycles. The fourth-order valence-electron chi connectivity index (χ4n) is 3.77. The lowest BCUT2D eigenvalue weighted by atomic mass is 10.1. The van der Waals surface area contributed by atoms with Crippen molar-refractivity contribution in [1.82, 2.24) is 24.6 Å². The lowest BCUT2D eigenvalue weighted by Gasteiger charge is -2.17. The van der Waals surface area contributed by atoms with Crippen LogP contribution in [0.3, 0.4) is 0 Å². The Morgan fingerprint density at radius 3 is 2.66 bits per heavy atom. The Morgan fingerprint density at radius 1 is 1.20 bits per heavy atom. The van der Waals surface area contributed by atoms with Gasteiger partial charge < -0.3 is 9.64 Å². The third-order valence-corrected chi connectivity index (χ3v) is 6.71. The Hall–Kier alpha value is -3.57. The summed E-state index contributed by atoms with van der Waals surface area (Å²) in [6.45, 7) is 5.34. The zero-order valence-electron chi connectivity index (χ0n) is 19.0. The van der Waals surface area contributed by atoms with E-state index in [1.54, 1.807) is 40.0 Å². The number of rotatable bonds is 10. The van der Waals surface area contributed by atoms with Crippen molar-refractivity contribution in [3.63, 3.8) is 0 Å². The molecule has 0 radical (unpaired) electrons. The number of sulfonamides is 1. The predicted octanol–water partition coefficient (Wildman–Crippen LogP) is 2.57. The van der Waals surface area contributed by atoms with Crippen LogP contribution in [0.25, 0.3) is 0 Å². The maximum absolute atomic E-state index is 13.0. The molecule has 1 N–H and O–H groups in total. The first kappa shape index (κ1) is 24.6. The van der Waals surface area contributed by atoms with E-state index >= 15 is 0 Å². The normalized spacial score (nSPS) is 15.8. The SMILES string of the molecule is C=CS(=O)(=O)NCC1CCN(C(=O)c2ccc(Cn3cc(COc4ccc(F)cc4)nn3)cc2)C1. The minimum atomic E-state index is -3.46. The van der Waals surface area contributed by atoms with Crippen molar-refractivity contribution in [2.75, 3.05) is 19.6 Å². The minimum absolute atomic E-state index is 0.0708. The van der Waals surface area contributed by atoms with Gasteiger partial charge in [-0.3, -0.25) is 4.79 Å². The second-order valence-electron chi connectivity index (χ2n) is 8.31. The number of ether oxygens (including phenoxy) is 1. The van der Waals surface area contributed by atoms with Crippen LogP contribution in [0.4, 0.5) is 4.39 Å². The van der Waals surface area contributed by atoms with E-state index in [0.29, 0.717) is 36.6 Å². The summed E-state index contributed by atoms with van der Waals surface area (Å²) in [5, 5.41) is 9.08. The summed E-state index contributed by atoms with van der Waals surface area (Å²) >= 11 is 0. The zero-order chi connectivity index (χ0) is 24.8. The molecule has 1 atom stereocenters. The van der Waals surface area contributed by atoms with Gasteiger partial charge in [-0.25, -0.2) is 22.2 Å². The molecule has 1 aliphatic heterocycles. The molecule has 0 aliphatic carbocycles. The molecule has 1 fully saturated rings. The van der Waals surface area contributed by atoms with Crippen LogP contribution in [-0.2, 0) is 23.2 Å². The molecule has 35 heavy (non-hydrogen) atoms. The fraction of sp³-hybridized carbons (Fsp3) is 0.292. The van der Waals surface area contributed by atoms with Crippen molar-refractivity contribution in [2.45, 2.75) is 19.6 Å². The topological polar surface area (TPSA) is 106 Å². The van der Waals surface area contributed by atoms with E-state index < -0.39 is 10.0 Å². The second-order valence-corrected chi connectivity index (χ2v) is 10.0. The van der Waals surface area contributed by atoms with Crippen molar-refractivity contribution < 1.29 is 22.3 Å². The number of nitrogens with zero attached hydrogens (tertiary/aromatic N) is 4. The molecule has 1 aliphatic rings. The molecule has 3 aromatic rings. The smallest absolute Gasteiger partial charge is 0.253 e. The Labute approximate surface area is 203 Å². The van der Waals surface area contributed by atoms with Gasteiger partial charge in [0, 0.05) is 30.6 Å². The summed E-state index contributed by atoms with van der Waals surface area (Å²) < 4.78 is 45.8. The summed E-state index contributed by atoms with van der Waals surface area (Å²) in [7, 11) is -3.46. The highest BCUT2D eigenvalue weighted by Crippen LogP contribution is 2.19. The van der Waals surface area contributed by atoms with E-state index in [-0.39, 0.29) is 30.8 Å². The van der Waals surface area contributed by atoms with Gasteiger partial charge in [0.25, 0.3) is 5.91 Å². The Kier molecular flexibility index (Phi) is 7.57. The van der Waals surface area contributed by atoms with Crippen molar-refractivity contribution in [2.24, 2.45) is 5.92 Å². The molecule has 1 amide bonds. The van der Waals surface area contributed by atoms with Gasteiger partial charge in [-0.05, 0) is 54.3 Å². The molecule has 0 spiro atoms. The van der Waals surface area contributed by atoms with Crippen molar-refractivity contribution in [3.05, 3.63) is 89.4 Å². The van der Waals surface area contributed by atoms with E-state index in [2.05, 4.69) is 21.6 Å². The third kappa shape index (κ3) is 6.74. The maximum atomic E-state index is 13.0. The number of carbonyl (C=O) groups excluding carboxylic acids is 1. The highest BCUT2D eigenvalue weighted by molar-refractivity contribution is 7.92. The molecular formula is C24H26FN5O4S. The van der Waals surface area contributed by atoms with Gasteiger partial charge in [-0.2, -0.15) is 0 Å². The molecule has 0 bridgehead atoms. The van der Waals surface area contributed by atoms with Crippen LogP contribution in [0.15, 0.2) is 66.7 Å². The minimum Gasteiger partial charge on any atom is -0.487 e. The predicted molar refractivity (Wildman–Crippen MR) is 127 cm³/mol. The van der Waals surface area contributed by atoms with Crippen molar-refractivity contribution in [3.8, 4) is 5.75 Å². The van der Waals surface area contributed by atoms with Crippen LogP contribution in [0.5, 0.6) is 5.75 Å². The number of carbonyl (C=O) groups is 1. The van der Waals surface area contributed by atoms with E-state index in [4.69, 9.17) is 4.74 Å². The Morgan fingerprint density at radius 2 is 1.94 bits per heavy atom. The lowest BCUT2D eigenvalue weighted by molar-refractivity contribution is 0.0787. The first-order chi connectivity index (χ1) is 16.8. The van der Waals surface area contributed by atoms with Crippen LogP contribution in [0, 0.1) is 11.7 Å². The summed E-state index contributed by atoms with van der Waals surface area (Å²) in [5.74, 6) is 0.214. The average Bonchev–Trinajstić information content (AvgIpc) is 3.52. The van der Waals surface area contributed by atoms with Gasteiger partial charge in [0.2, 0.25) is 10.0 Å². The van der Waals surface area contributed by atoms with Gasteiger partial charge in [0.15, 0.2) is 0 Å². The summed E-state index contributed by atoms with van der Waals surface area (Å²) in [6.07, 6.45) is 2.51. The molecule has 4 rings (SSSR count). The van der Waals surface area contributed by atoms with Gasteiger partial charge in [-0.1, -0.05) is 23.9 Å². The number of amides is 1. The van der Waals surface area contributed by atoms with Crippen LogP contribution < -0.4 is 9.46 Å². The highest BCUT2D eigenvalue weighted by atomic mass is 32.2. The average molecular weight is 500 g/mol. The number of likely N-dealkylation sites (tertiary alicyclic amines) is 1. The summed E-state index contributed by atoms with van der Waals surface area (Å²) in [6, 6.07) is 13.1. The second kappa shape index (κ2) is 10.8. The first-order valence-electron chi connectivity index (χ1n) is 11.1. The first-order valence-corrected chi connectivity index (χ1v) is 12.6. The fourth-order valence-corrected chi connectivity index (χ4v) is 4.35. The molecule has 1 aromatic heterocycles. The van der Waals surface area contributed by atoms with Crippen LogP contribution in [0.1, 0.15) is 28.0 Å². The van der Waals surface area contributed by atoms with Gasteiger partial charge in [0.1, 0.15) is 23.9 Å². The number of aromatic nitrogens is 3. The van der Waals surface area contributed by atoms with Gasteiger partial charge in [-0.15, -0.1) is 5.10 Å². The molecule has 184 valence electrons. The Balaban J connectivity index is 1.27.